The van der Waals surface area contributed by atoms with E-state index in [4.69, 9.17) is 16.9 Å². The molecule has 0 bridgehead atoms. The van der Waals surface area contributed by atoms with Crippen molar-refractivity contribution in [1.29, 1.82) is 5.26 Å². The molecule has 3 rings (SSSR count). The molecule has 0 atom stereocenters. The van der Waals surface area contributed by atoms with Gasteiger partial charge in [-0.05, 0) is 42.3 Å². The predicted octanol–water partition coefficient (Wildman–Crippen LogP) is 3.79. The summed E-state index contributed by atoms with van der Waals surface area (Å²) in [5, 5.41) is 23.8. The highest BCUT2D eigenvalue weighted by atomic mass is 35.5. The van der Waals surface area contributed by atoms with E-state index in [0.717, 1.165) is 22.7 Å². The van der Waals surface area contributed by atoms with Crippen LogP contribution < -0.4 is 10.6 Å². The van der Waals surface area contributed by atoms with Crippen molar-refractivity contribution in [2.24, 2.45) is 0 Å². The summed E-state index contributed by atoms with van der Waals surface area (Å²) < 4.78 is 0. The van der Waals surface area contributed by atoms with Crippen molar-refractivity contribution in [3.05, 3.63) is 70.9 Å². The largest absolute Gasteiger partial charge is 0.353 e. The molecule has 0 radical (unpaired) electrons. The number of halogens is 1. The van der Waals surface area contributed by atoms with Crippen LogP contribution in [-0.4, -0.2) is 21.7 Å². The van der Waals surface area contributed by atoms with E-state index in [9.17, 15) is 0 Å². The number of hydrogen-bond donors (Lipinski definition) is 2. The normalized spacial score (nSPS) is 10.1. The van der Waals surface area contributed by atoms with E-state index in [1.54, 1.807) is 18.2 Å². The minimum atomic E-state index is 0.434. The molecule has 0 fully saturated rings. The van der Waals surface area contributed by atoms with Gasteiger partial charge in [0, 0.05) is 17.3 Å². The van der Waals surface area contributed by atoms with Crippen LogP contribution in [0.3, 0.4) is 0 Å². The van der Waals surface area contributed by atoms with Crippen molar-refractivity contribution in [1.82, 2.24) is 15.2 Å². The van der Waals surface area contributed by atoms with Crippen LogP contribution in [0.4, 0.5) is 17.5 Å². The number of anilines is 3. The number of nitriles is 1. The number of nitrogens with one attached hydrogen (secondary N) is 2. The molecule has 6 nitrogen and oxygen atoms in total. The van der Waals surface area contributed by atoms with E-state index < -0.39 is 0 Å². The summed E-state index contributed by atoms with van der Waals surface area (Å²) >= 11 is 5.98. The molecule has 25 heavy (non-hydrogen) atoms. The van der Waals surface area contributed by atoms with E-state index in [1.165, 1.54) is 6.20 Å². The number of nitrogens with zero attached hydrogens (tertiary/aromatic N) is 4. The molecule has 2 aromatic carbocycles. The molecule has 0 aliphatic rings. The summed E-state index contributed by atoms with van der Waals surface area (Å²) in [6.07, 6.45) is 2.33. The zero-order chi connectivity index (χ0) is 17.5. The van der Waals surface area contributed by atoms with Gasteiger partial charge in [0.15, 0.2) is 5.82 Å². The molecule has 124 valence electrons. The standard InChI is InChI=1S/C18H15ClN6/c19-15-5-1-3-13(9-15)7-8-21-18-24-17(12-22-25-18)23-16-6-2-4-14(10-16)11-20/h1-6,9-10,12H,7-8H2,(H2,21,23,24,25). The van der Waals surface area contributed by atoms with Crippen LogP contribution in [0.5, 0.6) is 0 Å². The van der Waals surface area contributed by atoms with Crippen molar-refractivity contribution < 1.29 is 0 Å². The van der Waals surface area contributed by atoms with Crippen molar-refractivity contribution >= 4 is 29.1 Å². The highest BCUT2D eigenvalue weighted by Gasteiger charge is 2.02. The predicted molar refractivity (Wildman–Crippen MR) is 97.9 cm³/mol. The Morgan fingerprint density at radius 2 is 2.00 bits per heavy atom. The number of rotatable bonds is 6. The van der Waals surface area contributed by atoms with E-state index >= 15 is 0 Å². The number of aromatic nitrogens is 3. The van der Waals surface area contributed by atoms with Gasteiger partial charge in [-0.3, -0.25) is 0 Å². The maximum absolute atomic E-state index is 8.95. The summed E-state index contributed by atoms with van der Waals surface area (Å²) in [4.78, 5) is 4.37. The Hall–Kier alpha value is -3.17. The first-order chi connectivity index (χ1) is 12.2. The maximum Gasteiger partial charge on any atom is 0.244 e. The second kappa shape index (κ2) is 8.08. The summed E-state index contributed by atoms with van der Waals surface area (Å²) in [6.45, 7) is 0.662. The zero-order valence-corrected chi connectivity index (χ0v) is 14.0. The molecule has 0 unspecified atom stereocenters. The second-order valence-corrected chi connectivity index (χ2v) is 5.73. The molecule has 7 heteroatoms. The molecule has 0 aliphatic carbocycles. The van der Waals surface area contributed by atoms with E-state index in [2.05, 4.69) is 31.9 Å². The second-order valence-electron chi connectivity index (χ2n) is 5.29. The SMILES string of the molecule is N#Cc1cccc(Nc2cnnc(NCCc3cccc(Cl)c3)n2)c1. The monoisotopic (exact) mass is 350 g/mol. The summed E-state index contributed by atoms with van der Waals surface area (Å²) in [5.74, 6) is 0.985. The van der Waals surface area contributed by atoms with E-state index in [1.807, 2.05) is 30.3 Å². The maximum atomic E-state index is 8.95. The van der Waals surface area contributed by atoms with Crippen molar-refractivity contribution in [3.8, 4) is 6.07 Å². The van der Waals surface area contributed by atoms with Gasteiger partial charge in [-0.2, -0.15) is 15.3 Å². The first kappa shape index (κ1) is 16.7. The molecule has 0 aliphatic heterocycles. The molecule has 0 saturated carbocycles. The van der Waals surface area contributed by atoms with Gasteiger partial charge in [-0.15, -0.1) is 5.10 Å². The van der Waals surface area contributed by atoms with Crippen LogP contribution in [0.15, 0.2) is 54.7 Å². The topological polar surface area (TPSA) is 86.5 Å². The molecule has 0 saturated heterocycles. The van der Waals surface area contributed by atoms with Crippen LogP contribution in [0.2, 0.25) is 5.02 Å². The Kier molecular flexibility index (Phi) is 5.39. The molecule has 2 N–H and O–H groups in total. The fraction of sp³-hybridized carbons (Fsp3) is 0.111. The Morgan fingerprint density at radius 1 is 1.12 bits per heavy atom. The first-order valence-electron chi connectivity index (χ1n) is 7.68. The third-order valence-electron chi connectivity index (χ3n) is 3.41. The molecular weight excluding hydrogens is 336 g/mol. The minimum absolute atomic E-state index is 0.434. The lowest BCUT2D eigenvalue weighted by molar-refractivity contribution is 0.929. The van der Waals surface area contributed by atoms with Gasteiger partial charge < -0.3 is 10.6 Å². The Bertz CT molecular complexity index is 906. The number of benzene rings is 2. The summed E-state index contributed by atoms with van der Waals surface area (Å²) in [6, 6.07) is 17.0. The van der Waals surface area contributed by atoms with Crippen LogP contribution in [0.1, 0.15) is 11.1 Å². The fourth-order valence-electron chi connectivity index (χ4n) is 2.26. The minimum Gasteiger partial charge on any atom is -0.353 e. The Morgan fingerprint density at radius 3 is 2.84 bits per heavy atom. The molecule has 3 aromatic rings. The lowest BCUT2D eigenvalue weighted by Crippen LogP contribution is -2.09. The van der Waals surface area contributed by atoms with Crippen molar-refractivity contribution in [2.75, 3.05) is 17.2 Å². The fourth-order valence-corrected chi connectivity index (χ4v) is 2.48. The Balaban J connectivity index is 1.60. The van der Waals surface area contributed by atoms with Crippen LogP contribution >= 0.6 is 11.6 Å². The van der Waals surface area contributed by atoms with Crippen molar-refractivity contribution in [2.45, 2.75) is 6.42 Å². The molecule has 1 heterocycles. The third kappa shape index (κ3) is 4.90. The van der Waals surface area contributed by atoms with Gasteiger partial charge in [0.2, 0.25) is 5.95 Å². The molecule has 1 aromatic heterocycles. The highest BCUT2D eigenvalue weighted by molar-refractivity contribution is 6.30. The quantitative estimate of drug-likeness (QED) is 0.703. The van der Waals surface area contributed by atoms with Crippen molar-refractivity contribution in [3.63, 3.8) is 0 Å². The van der Waals surface area contributed by atoms with Crippen LogP contribution in [-0.2, 0) is 6.42 Å². The molecule has 0 amide bonds. The summed E-state index contributed by atoms with van der Waals surface area (Å²) in [5.41, 5.74) is 2.48. The third-order valence-corrected chi connectivity index (χ3v) is 3.64. The van der Waals surface area contributed by atoms with E-state index in [-0.39, 0.29) is 0 Å². The van der Waals surface area contributed by atoms with Gasteiger partial charge in [0.1, 0.15) is 0 Å². The van der Waals surface area contributed by atoms with Gasteiger partial charge in [-0.1, -0.05) is 29.8 Å². The lowest BCUT2D eigenvalue weighted by atomic mass is 10.1. The van der Waals surface area contributed by atoms with Crippen LogP contribution in [0.25, 0.3) is 0 Å². The number of hydrogen-bond acceptors (Lipinski definition) is 6. The zero-order valence-electron chi connectivity index (χ0n) is 13.3. The van der Waals surface area contributed by atoms with Crippen LogP contribution in [0, 0.1) is 11.3 Å². The Labute approximate surface area is 150 Å². The molecule has 0 spiro atoms. The average Bonchev–Trinajstić information content (AvgIpc) is 2.62. The molecular formula is C18H15ClN6. The highest BCUT2D eigenvalue weighted by Crippen LogP contribution is 2.16. The van der Waals surface area contributed by atoms with Gasteiger partial charge in [-0.25, -0.2) is 0 Å². The first-order valence-corrected chi connectivity index (χ1v) is 8.06. The van der Waals surface area contributed by atoms with Gasteiger partial charge >= 0.3 is 0 Å². The van der Waals surface area contributed by atoms with Gasteiger partial charge in [0.05, 0.1) is 17.8 Å². The lowest BCUT2D eigenvalue weighted by Gasteiger charge is -2.08. The summed E-state index contributed by atoms with van der Waals surface area (Å²) in [7, 11) is 0. The smallest absolute Gasteiger partial charge is 0.244 e. The average molecular weight is 351 g/mol. The van der Waals surface area contributed by atoms with E-state index in [0.29, 0.717) is 23.9 Å². The van der Waals surface area contributed by atoms with Gasteiger partial charge in [0.25, 0.3) is 0 Å².